The van der Waals surface area contributed by atoms with Gasteiger partial charge in [-0.1, -0.05) is 13.8 Å². The highest BCUT2D eigenvalue weighted by Crippen LogP contribution is 2.18. The summed E-state index contributed by atoms with van der Waals surface area (Å²) in [5, 5.41) is 16.6. The van der Waals surface area contributed by atoms with Gasteiger partial charge in [0.05, 0.1) is 19.0 Å². The molecule has 5 amide bonds. The van der Waals surface area contributed by atoms with Crippen molar-refractivity contribution in [1.82, 2.24) is 20.9 Å². The van der Waals surface area contributed by atoms with Crippen LogP contribution in [0.15, 0.2) is 0 Å². The average molecular weight is 471 g/mol. The number of amides is 5. The van der Waals surface area contributed by atoms with E-state index in [1.165, 1.54) is 11.8 Å². The summed E-state index contributed by atoms with van der Waals surface area (Å²) in [5.41, 5.74) is 10.5. The molecule has 0 aromatic rings. The minimum atomic E-state index is -1.20. The number of hydrogen-bond acceptors (Lipinski definition) is 7. The Labute approximate surface area is 192 Å². The van der Waals surface area contributed by atoms with Gasteiger partial charge < -0.3 is 37.4 Å². The van der Waals surface area contributed by atoms with Gasteiger partial charge in [0.1, 0.15) is 18.1 Å². The number of carboxylic acid groups (broad SMARTS) is 1. The van der Waals surface area contributed by atoms with Crippen molar-refractivity contribution in [3.8, 4) is 0 Å². The predicted molar refractivity (Wildman–Crippen MR) is 116 cm³/mol. The zero-order valence-electron chi connectivity index (χ0n) is 19.1. The predicted octanol–water partition coefficient (Wildman–Crippen LogP) is -2.58. The Bertz CT molecular complexity index is 772. The molecule has 0 aromatic carbocycles. The van der Waals surface area contributed by atoms with Crippen molar-refractivity contribution in [3.05, 3.63) is 0 Å². The van der Waals surface area contributed by atoms with Crippen LogP contribution in [-0.4, -0.2) is 82.8 Å². The Morgan fingerprint density at radius 2 is 1.70 bits per heavy atom. The van der Waals surface area contributed by atoms with Crippen molar-refractivity contribution in [2.24, 2.45) is 17.4 Å². The average Bonchev–Trinajstić information content (AvgIpc) is 3.20. The van der Waals surface area contributed by atoms with Crippen molar-refractivity contribution in [3.63, 3.8) is 0 Å². The third-order valence-corrected chi connectivity index (χ3v) is 5.09. The third kappa shape index (κ3) is 9.04. The highest BCUT2D eigenvalue weighted by Gasteiger charge is 2.36. The summed E-state index contributed by atoms with van der Waals surface area (Å²) >= 11 is 0. The topological polar surface area (TPSA) is 214 Å². The van der Waals surface area contributed by atoms with Crippen LogP contribution in [0.1, 0.15) is 46.5 Å². The molecule has 0 aromatic heterocycles. The van der Waals surface area contributed by atoms with E-state index in [9.17, 15) is 33.9 Å². The highest BCUT2D eigenvalue weighted by atomic mass is 16.4. The van der Waals surface area contributed by atoms with Crippen molar-refractivity contribution < 1.29 is 33.9 Å². The van der Waals surface area contributed by atoms with Gasteiger partial charge in [0.25, 0.3) is 0 Å². The summed E-state index contributed by atoms with van der Waals surface area (Å²) in [6.45, 7) is 4.95. The number of hydrogen-bond donors (Lipinski definition) is 6. The van der Waals surface area contributed by atoms with Crippen LogP contribution in [0.25, 0.3) is 0 Å². The Kier molecular flexibility index (Phi) is 10.7. The lowest BCUT2D eigenvalue weighted by atomic mass is 10.0. The van der Waals surface area contributed by atoms with Crippen LogP contribution in [-0.2, 0) is 28.8 Å². The van der Waals surface area contributed by atoms with E-state index in [1.54, 1.807) is 0 Å². The zero-order chi connectivity index (χ0) is 25.3. The van der Waals surface area contributed by atoms with Crippen LogP contribution >= 0.6 is 0 Å². The van der Waals surface area contributed by atoms with Gasteiger partial charge in [-0.25, -0.2) is 4.79 Å². The lowest BCUT2D eigenvalue weighted by Gasteiger charge is -2.27. The molecular formula is C20H34N6O7. The number of nitrogens with one attached hydrogen (secondary N) is 3. The first kappa shape index (κ1) is 27.8. The maximum absolute atomic E-state index is 12.8. The summed E-state index contributed by atoms with van der Waals surface area (Å²) in [6.07, 6.45) is 0.791. The fourth-order valence-corrected chi connectivity index (χ4v) is 3.47. The number of rotatable bonds is 12. The Balaban J connectivity index is 2.69. The molecule has 1 fully saturated rings. The van der Waals surface area contributed by atoms with Gasteiger partial charge in [0.15, 0.2) is 0 Å². The van der Waals surface area contributed by atoms with E-state index in [4.69, 9.17) is 11.5 Å². The SMILES string of the molecule is CC(C)C[C@H](NC(=O)CNC(=O)[C@@H](N)CC(N)=O)C(=O)N[C@@H](C)C(=O)N1CCC[C@H]1C(=O)O. The smallest absolute Gasteiger partial charge is 0.326 e. The van der Waals surface area contributed by atoms with E-state index < -0.39 is 66.2 Å². The van der Waals surface area contributed by atoms with E-state index in [0.717, 1.165) is 0 Å². The van der Waals surface area contributed by atoms with Crippen LogP contribution in [0.5, 0.6) is 0 Å². The second-order valence-corrected chi connectivity index (χ2v) is 8.50. The monoisotopic (exact) mass is 470 g/mol. The van der Waals surface area contributed by atoms with Crippen LogP contribution < -0.4 is 27.4 Å². The molecule has 13 nitrogen and oxygen atoms in total. The minimum Gasteiger partial charge on any atom is -0.480 e. The molecule has 1 saturated heterocycles. The summed E-state index contributed by atoms with van der Waals surface area (Å²) in [6, 6.07) is -4.10. The fourth-order valence-electron chi connectivity index (χ4n) is 3.47. The van der Waals surface area contributed by atoms with Crippen molar-refractivity contribution in [2.45, 2.75) is 70.6 Å². The number of nitrogens with zero attached hydrogens (tertiary/aromatic N) is 1. The summed E-state index contributed by atoms with van der Waals surface area (Å²) < 4.78 is 0. The number of carboxylic acids is 1. The second kappa shape index (κ2) is 12.7. The molecule has 1 heterocycles. The summed E-state index contributed by atoms with van der Waals surface area (Å²) in [5.74, 6) is -4.38. The molecule has 0 aliphatic carbocycles. The Morgan fingerprint density at radius 3 is 2.24 bits per heavy atom. The lowest BCUT2D eigenvalue weighted by molar-refractivity contribution is -0.149. The van der Waals surface area contributed by atoms with Gasteiger partial charge in [-0.15, -0.1) is 0 Å². The maximum Gasteiger partial charge on any atom is 0.326 e. The van der Waals surface area contributed by atoms with Crippen molar-refractivity contribution in [1.29, 1.82) is 0 Å². The molecular weight excluding hydrogens is 436 g/mol. The van der Waals surface area contributed by atoms with Crippen LogP contribution in [0.3, 0.4) is 0 Å². The van der Waals surface area contributed by atoms with Crippen LogP contribution in [0, 0.1) is 5.92 Å². The highest BCUT2D eigenvalue weighted by molar-refractivity contribution is 5.94. The first-order valence-corrected chi connectivity index (χ1v) is 10.8. The standard InChI is InChI=1S/C20H34N6O7/c1-10(2)7-13(25-16(28)9-23-17(29)12(21)8-15(22)27)18(30)24-11(3)19(31)26-6-4-5-14(26)20(32)33/h10-14H,4-9,21H2,1-3H3,(H2,22,27)(H,23,29)(H,24,30)(H,25,28)(H,32,33)/t11-,12-,13-,14-/m0/s1. The van der Waals surface area contributed by atoms with Gasteiger partial charge in [0.2, 0.25) is 29.5 Å². The molecule has 1 aliphatic heterocycles. The normalized spacial score (nSPS) is 18.2. The van der Waals surface area contributed by atoms with Crippen LogP contribution in [0.2, 0.25) is 0 Å². The molecule has 0 saturated carbocycles. The van der Waals surface area contributed by atoms with E-state index in [1.807, 2.05) is 13.8 Å². The van der Waals surface area contributed by atoms with Crippen molar-refractivity contribution in [2.75, 3.05) is 13.1 Å². The molecule has 1 rings (SSSR count). The summed E-state index contributed by atoms with van der Waals surface area (Å²) in [7, 11) is 0. The zero-order valence-corrected chi connectivity index (χ0v) is 19.1. The van der Waals surface area contributed by atoms with E-state index in [-0.39, 0.29) is 18.8 Å². The van der Waals surface area contributed by atoms with E-state index in [2.05, 4.69) is 16.0 Å². The number of likely N-dealkylation sites (tertiary alicyclic amines) is 1. The lowest BCUT2D eigenvalue weighted by Crippen LogP contribution is -2.56. The van der Waals surface area contributed by atoms with Crippen LogP contribution in [0.4, 0.5) is 0 Å². The molecule has 0 radical (unpaired) electrons. The number of aliphatic carboxylic acids is 1. The number of carbonyl (C=O) groups is 6. The molecule has 4 atom stereocenters. The summed E-state index contributed by atoms with van der Waals surface area (Å²) in [4.78, 5) is 72.9. The van der Waals surface area contributed by atoms with Gasteiger partial charge in [-0.3, -0.25) is 24.0 Å². The molecule has 13 heteroatoms. The quantitative estimate of drug-likeness (QED) is 0.178. The number of nitrogens with two attached hydrogens (primary N) is 2. The fraction of sp³-hybridized carbons (Fsp3) is 0.700. The molecule has 0 spiro atoms. The van der Waals surface area contributed by atoms with Gasteiger partial charge in [0, 0.05) is 6.54 Å². The molecule has 186 valence electrons. The third-order valence-electron chi connectivity index (χ3n) is 5.09. The molecule has 0 bridgehead atoms. The minimum absolute atomic E-state index is 0.0145. The largest absolute Gasteiger partial charge is 0.480 e. The first-order chi connectivity index (χ1) is 15.3. The molecule has 33 heavy (non-hydrogen) atoms. The molecule has 8 N–H and O–H groups in total. The molecule has 1 aliphatic rings. The Morgan fingerprint density at radius 1 is 1.06 bits per heavy atom. The van der Waals surface area contributed by atoms with Gasteiger partial charge in [-0.05, 0) is 32.1 Å². The van der Waals surface area contributed by atoms with E-state index >= 15 is 0 Å². The second-order valence-electron chi connectivity index (χ2n) is 8.50. The van der Waals surface area contributed by atoms with E-state index in [0.29, 0.717) is 19.4 Å². The maximum atomic E-state index is 12.8. The molecule has 0 unspecified atom stereocenters. The van der Waals surface area contributed by atoms with Gasteiger partial charge >= 0.3 is 5.97 Å². The first-order valence-electron chi connectivity index (χ1n) is 10.8. The number of primary amides is 1. The Hall–Kier alpha value is -3.22. The van der Waals surface area contributed by atoms with Gasteiger partial charge in [-0.2, -0.15) is 0 Å². The number of carbonyl (C=O) groups excluding carboxylic acids is 5. The van der Waals surface area contributed by atoms with Crippen molar-refractivity contribution >= 4 is 35.5 Å².